The van der Waals surface area contributed by atoms with Crippen molar-refractivity contribution < 1.29 is 24.5 Å². The lowest BCUT2D eigenvalue weighted by atomic mass is 9.98. The quantitative estimate of drug-likeness (QED) is 0.262. The maximum absolute atomic E-state index is 12.5. The molecule has 3 N–H and O–H groups in total. The number of hydrogen-bond donors (Lipinski definition) is 3. The predicted molar refractivity (Wildman–Crippen MR) is 163 cm³/mol. The van der Waals surface area contributed by atoms with Crippen LogP contribution in [0, 0.1) is 0 Å². The summed E-state index contributed by atoms with van der Waals surface area (Å²) in [6, 6.07) is 27.7. The Bertz CT molecular complexity index is 1510. The highest BCUT2D eigenvalue weighted by molar-refractivity contribution is 5.93. The molecule has 0 spiro atoms. The van der Waals surface area contributed by atoms with Gasteiger partial charge in [0, 0.05) is 50.6 Å². The molecule has 0 bridgehead atoms. The van der Waals surface area contributed by atoms with E-state index in [2.05, 4.69) is 39.5 Å². The Hall–Kier alpha value is -3.92. The van der Waals surface area contributed by atoms with Gasteiger partial charge in [0.2, 0.25) is 0 Å². The number of carbonyl (C=O) groups is 1. The molecule has 4 atom stereocenters. The maximum atomic E-state index is 12.5. The molecule has 3 aromatic carbocycles. The van der Waals surface area contributed by atoms with Crippen LogP contribution in [-0.2, 0) is 22.6 Å². The predicted octanol–water partition coefficient (Wildman–Crippen LogP) is 4.78. The topological polar surface area (TPSA) is 104 Å². The lowest BCUT2D eigenvalue weighted by molar-refractivity contribution is -0.252. The van der Waals surface area contributed by atoms with Crippen LogP contribution in [0.4, 0.5) is 0 Å². The van der Waals surface area contributed by atoms with Crippen molar-refractivity contribution in [2.24, 2.45) is 0 Å². The molecule has 2 aliphatic heterocycles. The Morgan fingerprint density at radius 1 is 0.930 bits per heavy atom. The Morgan fingerprint density at radius 3 is 2.49 bits per heavy atom. The van der Waals surface area contributed by atoms with Gasteiger partial charge in [-0.3, -0.25) is 14.7 Å². The zero-order valence-electron chi connectivity index (χ0n) is 24.0. The van der Waals surface area contributed by atoms with Crippen LogP contribution in [0.5, 0.6) is 0 Å². The molecule has 6 rings (SSSR count). The van der Waals surface area contributed by atoms with Gasteiger partial charge in [-0.2, -0.15) is 0 Å². The minimum atomic E-state index is -0.560. The average Bonchev–Trinajstić information content (AvgIpc) is 3.48. The van der Waals surface area contributed by atoms with Crippen LogP contribution in [0.15, 0.2) is 97.3 Å². The highest BCUT2D eigenvalue weighted by Crippen LogP contribution is 2.39. The van der Waals surface area contributed by atoms with Crippen LogP contribution in [0.2, 0.25) is 0 Å². The number of β-amino-alcohol motifs (C(OH)–C–C–N with tert-alkyl or cyclic N) is 1. The molecule has 4 aromatic rings. The third-order valence-corrected chi connectivity index (χ3v) is 8.12. The molecule has 8 heteroatoms. The number of benzene rings is 3. The van der Waals surface area contributed by atoms with Crippen molar-refractivity contribution in [2.45, 2.75) is 50.6 Å². The van der Waals surface area contributed by atoms with E-state index in [1.807, 2.05) is 48.5 Å². The monoisotopic (exact) mass is 579 g/mol. The second-order valence-corrected chi connectivity index (χ2v) is 11.3. The Labute approximate surface area is 251 Å². The molecule has 0 saturated carbocycles. The smallest absolute Gasteiger partial charge is 0.253 e. The molecule has 1 amide bonds. The van der Waals surface area contributed by atoms with E-state index in [-0.39, 0.29) is 30.8 Å². The lowest BCUT2D eigenvalue weighted by Gasteiger charge is -2.38. The van der Waals surface area contributed by atoms with Gasteiger partial charge >= 0.3 is 0 Å². The number of carbonyl (C=O) groups excluding carboxylic acids is 1. The molecule has 43 heavy (non-hydrogen) atoms. The van der Waals surface area contributed by atoms with Gasteiger partial charge in [0.05, 0.1) is 30.5 Å². The van der Waals surface area contributed by atoms with E-state index in [4.69, 9.17) is 9.47 Å². The van der Waals surface area contributed by atoms with E-state index in [1.54, 1.807) is 24.5 Å². The molecular formula is C35H37N3O5. The fourth-order valence-corrected chi connectivity index (χ4v) is 5.81. The van der Waals surface area contributed by atoms with E-state index >= 15 is 0 Å². The van der Waals surface area contributed by atoms with Crippen LogP contribution in [-0.4, -0.2) is 57.8 Å². The number of pyridine rings is 1. The molecule has 1 aromatic heterocycles. The molecule has 0 radical (unpaired) electrons. The van der Waals surface area contributed by atoms with Crippen molar-refractivity contribution in [3.8, 4) is 11.1 Å². The summed E-state index contributed by atoms with van der Waals surface area (Å²) in [5, 5.41) is 22.5. The van der Waals surface area contributed by atoms with E-state index in [0.717, 1.165) is 52.9 Å². The Morgan fingerprint density at radius 2 is 1.74 bits per heavy atom. The van der Waals surface area contributed by atoms with Crippen LogP contribution in [0.25, 0.3) is 11.1 Å². The van der Waals surface area contributed by atoms with E-state index < -0.39 is 6.29 Å². The minimum Gasteiger partial charge on any atom is -0.392 e. The number of aromatic nitrogens is 1. The number of aliphatic hydroxyl groups is 2. The van der Waals surface area contributed by atoms with Crippen LogP contribution in [0.1, 0.15) is 57.8 Å². The fourth-order valence-electron chi connectivity index (χ4n) is 5.81. The molecular weight excluding hydrogens is 542 g/mol. The van der Waals surface area contributed by atoms with Gasteiger partial charge in [-0.1, -0.05) is 60.7 Å². The van der Waals surface area contributed by atoms with Crippen molar-refractivity contribution in [1.29, 1.82) is 0 Å². The SMILES string of the molecule is O=C(NCc1cccc(-c2cccc(C3OC(CN4CCC(O)C4)CC(c4ccc(CO)cc4)O3)c2)c1)c1cccnc1. The fraction of sp³-hybridized carbons (Fsp3) is 0.314. The molecule has 8 nitrogen and oxygen atoms in total. The number of likely N-dealkylation sites (tertiary alicyclic amines) is 1. The third kappa shape index (κ3) is 7.36. The van der Waals surface area contributed by atoms with Crippen molar-refractivity contribution in [3.63, 3.8) is 0 Å². The molecule has 0 aliphatic carbocycles. The number of nitrogens with zero attached hydrogens (tertiary/aromatic N) is 2. The Balaban J connectivity index is 1.20. The molecule has 2 fully saturated rings. The van der Waals surface area contributed by atoms with E-state index in [0.29, 0.717) is 25.1 Å². The van der Waals surface area contributed by atoms with Crippen molar-refractivity contribution >= 4 is 5.91 Å². The number of ether oxygens (including phenoxy) is 2. The van der Waals surface area contributed by atoms with Gasteiger partial charge in [0.25, 0.3) is 5.91 Å². The standard InChI is InChI=1S/C35H37N3O5/c39-23-24-9-11-26(12-10-24)33-18-32(22-38-15-13-31(40)21-38)42-35(43-33)29-7-2-6-28(17-29)27-5-1-4-25(16-27)19-37-34(41)30-8-3-14-36-20-30/h1-12,14,16-17,20,31-33,35,39-40H,13,15,18-19,21-23H2,(H,37,41). The molecule has 4 unspecified atom stereocenters. The van der Waals surface area contributed by atoms with Crippen molar-refractivity contribution in [2.75, 3.05) is 19.6 Å². The van der Waals surface area contributed by atoms with E-state index in [9.17, 15) is 15.0 Å². The summed E-state index contributed by atoms with van der Waals surface area (Å²) in [7, 11) is 0. The normalized spacial score (nSPS) is 22.4. The first-order chi connectivity index (χ1) is 21.0. The van der Waals surface area contributed by atoms with Crippen molar-refractivity contribution in [1.82, 2.24) is 15.2 Å². The van der Waals surface area contributed by atoms with Gasteiger partial charge in [0.15, 0.2) is 6.29 Å². The third-order valence-electron chi connectivity index (χ3n) is 8.12. The van der Waals surface area contributed by atoms with E-state index in [1.165, 1.54) is 0 Å². The van der Waals surface area contributed by atoms with Crippen molar-refractivity contribution in [3.05, 3.63) is 125 Å². The summed E-state index contributed by atoms with van der Waals surface area (Å²) in [5.41, 5.74) is 6.42. The van der Waals surface area contributed by atoms with Gasteiger partial charge in [-0.25, -0.2) is 0 Å². The summed E-state index contributed by atoms with van der Waals surface area (Å²) < 4.78 is 13.1. The number of amides is 1. The highest BCUT2D eigenvalue weighted by atomic mass is 16.7. The average molecular weight is 580 g/mol. The first-order valence-corrected chi connectivity index (χ1v) is 14.8. The summed E-state index contributed by atoms with van der Waals surface area (Å²) in [5.74, 6) is -0.161. The first-order valence-electron chi connectivity index (χ1n) is 14.8. The van der Waals surface area contributed by atoms with Crippen LogP contribution >= 0.6 is 0 Å². The molecule has 2 saturated heterocycles. The van der Waals surface area contributed by atoms with Gasteiger partial charge < -0.3 is 25.0 Å². The van der Waals surface area contributed by atoms with Crippen LogP contribution < -0.4 is 5.32 Å². The summed E-state index contributed by atoms with van der Waals surface area (Å²) in [4.78, 5) is 18.8. The minimum absolute atomic E-state index is 0.00230. The molecule has 222 valence electrons. The summed E-state index contributed by atoms with van der Waals surface area (Å²) in [6.45, 7) is 2.66. The molecule has 2 aliphatic rings. The maximum Gasteiger partial charge on any atom is 0.253 e. The first kappa shape index (κ1) is 29.2. The zero-order valence-corrected chi connectivity index (χ0v) is 24.0. The highest BCUT2D eigenvalue weighted by Gasteiger charge is 2.34. The number of rotatable bonds is 9. The van der Waals surface area contributed by atoms with Gasteiger partial charge in [-0.15, -0.1) is 0 Å². The molecule has 3 heterocycles. The lowest BCUT2D eigenvalue weighted by Crippen LogP contribution is -2.38. The second kappa shape index (κ2) is 13.6. The van der Waals surface area contributed by atoms with Gasteiger partial charge in [-0.05, 0) is 58.5 Å². The number of hydrogen-bond acceptors (Lipinski definition) is 7. The Kier molecular flexibility index (Phi) is 9.21. The van der Waals surface area contributed by atoms with Crippen LogP contribution in [0.3, 0.4) is 0 Å². The number of nitrogens with one attached hydrogen (secondary N) is 1. The summed E-state index contributed by atoms with van der Waals surface area (Å²) in [6.07, 6.45) is 3.61. The summed E-state index contributed by atoms with van der Waals surface area (Å²) >= 11 is 0. The van der Waals surface area contributed by atoms with Gasteiger partial charge in [0.1, 0.15) is 0 Å². The largest absolute Gasteiger partial charge is 0.392 e. The zero-order chi connectivity index (χ0) is 29.6. The number of aliphatic hydroxyl groups excluding tert-OH is 2. The second-order valence-electron chi connectivity index (χ2n) is 11.3.